The van der Waals surface area contributed by atoms with Crippen LogP contribution in [0, 0.1) is 0 Å². The lowest BCUT2D eigenvalue weighted by Gasteiger charge is -2.19. The molecule has 0 bridgehead atoms. The first-order valence-corrected chi connectivity index (χ1v) is 9.46. The molecule has 0 aromatic heterocycles. The molecule has 0 aliphatic heterocycles. The Bertz CT molecular complexity index is 446. The predicted molar refractivity (Wildman–Crippen MR) is 98.8 cm³/mol. The zero-order valence-electron chi connectivity index (χ0n) is 15.9. The van der Waals surface area contributed by atoms with Gasteiger partial charge >= 0.3 is 0 Å². The summed E-state index contributed by atoms with van der Waals surface area (Å²) in [5.41, 5.74) is 0. The van der Waals surface area contributed by atoms with E-state index in [0.717, 1.165) is 50.0 Å². The molecule has 0 saturated heterocycles. The van der Waals surface area contributed by atoms with E-state index in [1.165, 1.54) is 0 Å². The Morgan fingerprint density at radius 3 is 1.46 bits per heavy atom. The maximum Gasteiger partial charge on any atom is 0.207 e. The van der Waals surface area contributed by atoms with Crippen molar-refractivity contribution in [1.82, 2.24) is 0 Å². The number of benzene rings is 1. The molecule has 0 amide bonds. The van der Waals surface area contributed by atoms with Crippen LogP contribution in [0.3, 0.4) is 0 Å². The lowest BCUT2D eigenvalue weighted by molar-refractivity contribution is 0.224. The molecular weight excluding hydrogens is 304 g/mol. The van der Waals surface area contributed by atoms with Gasteiger partial charge in [0.15, 0.2) is 11.5 Å². The highest BCUT2D eigenvalue weighted by molar-refractivity contribution is 5.59. The molecule has 24 heavy (non-hydrogen) atoms. The largest absolute Gasteiger partial charge is 0.490 e. The van der Waals surface area contributed by atoms with Gasteiger partial charge < -0.3 is 18.9 Å². The molecule has 0 aliphatic rings. The van der Waals surface area contributed by atoms with E-state index in [9.17, 15) is 0 Å². The van der Waals surface area contributed by atoms with Crippen LogP contribution in [-0.2, 0) is 0 Å². The first-order valence-electron chi connectivity index (χ1n) is 9.46. The highest BCUT2D eigenvalue weighted by Crippen LogP contribution is 2.45. The van der Waals surface area contributed by atoms with E-state index < -0.39 is 0 Å². The van der Waals surface area contributed by atoms with Crippen molar-refractivity contribution >= 4 is 0 Å². The molecule has 1 aromatic carbocycles. The summed E-state index contributed by atoms with van der Waals surface area (Å²) < 4.78 is 23.8. The number of unbranched alkanes of at least 4 members (excludes halogenated alkanes) is 2. The van der Waals surface area contributed by atoms with Gasteiger partial charge in [-0.25, -0.2) is 0 Å². The topological polar surface area (TPSA) is 36.9 Å². The highest BCUT2D eigenvalue weighted by Gasteiger charge is 2.19. The zero-order chi connectivity index (χ0) is 17.6. The molecule has 0 aliphatic carbocycles. The lowest BCUT2D eigenvalue weighted by atomic mass is 10.2. The van der Waals surface area contributed by atoms with Crippen LogP contribution in [0.25, 0.3) is 0 Å². The normalized spacial score (nSPS) is 10.5. The van der Waals surface area contributed by atoms with Crippen LogP contribution in [-0.4, -0.2) is 26.4 Å². The minimum Gasteiger partial charge on any atom is -0.490 e. The molecular formula is C20H34O4. The van der Waals surface area contributed by atoms with Gasteiger partial charge in [-0.3, -0.25) is 0 Å². The van der Waals surface area contributed by atoms with Gasteiger partial charge in [-0.1, -0.05) is 40.5 Å². The van der Waals surface area contributed by atoms with Crippen molar-refractivity contribution in [2.24, 2.45) is 0 Å². The Hall–Kier alpha value is -1.58. The molecule has 0 fully saturated rings. The second-order valence-electron chi connectivity index (χ2n) is 5.82. The number of hydrogen-bond acceptors (Lipinski definition) is 4. The van der Waals surface area contributed by atoms with Crippen molar-refractivity contribution < 1.29 is 18.9 Å². The second kappa shape index (κ2) is 12.8. The van der Waals surface area contributed by atoms with Gasteiger partial charge in [0.05, 0.1) is 26.4 Å². The molecule has 0 atom stereocenters. The van der Waals surface area contributed by atoms with Gasteiger partial charge in [-0.05, 0) is 37.8 Å². The third kappa shape index (κ3) is 6.90. The molecule has 0 radical (unpaired) electrons. The Kier molecular flexibility index (Phi) is 10.9. The van der Waals surface area contributed by atoms with Crippen LogP contribution in [0.4, 0.5) is 0 Å². The lowest BCUT2D eigenvalue weighted by Crippen LogP contribution is -2.07. The van der Waals surface area contributed by atoms with Crippen LogP contribution in [0.5, 0.6) is 23.0 Å². The van der Waals surface area contributed by atoms with Crippen molar-refractivity contribution in [1.29, 1.82) is 0 Å². The maximum absolute atomic E-state index is 6.03. The van der Waals surface area contributed by atoms with Crippen molar-refractivity contribution in [3.8, 4) is 23.0 Å². The maximum atomic E-state index is 6.03. The fourth-order valence-corrected chi connectivity index (χ4v) is 2.09. The van der Waals surface area contributed by atoms with Gasteiger partial charge in [0.2, 0.25) is 11.5 Å². The fourth-order valence-electron chi connectivity index (χ4n) is 2.09. The summed E-state index contributed by atoms with van der Waals surface area (Å²) >= 11 is 0. The van der Waals surface area contributed by atoms with E-state index in [2.05, 4.69) is 27.7 Å². The summed E-state index contributed by atoms with van der Waals surface area (Å²) in [4.78, 5) is 0. The number of rotatable bonds is 14. The molecule has 0 saturated carbocycles. The first-order chi connectivity index (χ1) is 11.8. The number of hydrogen-bond donors (Lipinski definition) is 0. The second-order valence-corrected chi connectivity index (χ2v) is 5.82. The Morgan fingerprint density at radius 2 is 0.958 bits per heavy atom. The molecule has 4 heteroatoms. The van der Waals surface area contributed by atoms with Gasteiger partial charge in [0.25, 0.3) is 0 Å². The Labute approximate surface area is 147 Å². The first kappa shape index (κ1) is 20.5. The van der Waals surface area contributed by atoms with Crippen LogP contribution in [0.2, 0.25) is 0 Å². The minimum absolute atomic E-state index is 0.630. The molecule has 0 spiro atoms. The monoisotopic (exact) mass is 338 g/mol. The van der Waals surface area contributed by atoms with Gasteiger partial charge in [0.1, 0.15) is 0 Å². The van der Waals surface area contributed by atoms with Crippen LogP contribution in [0.15, 0.2) is 12.1 Å². The summed E-state index contributed by atoms with van der Waals surface area (Å²) in [6.07, 6.45) is 6.10. The highest BCUT2D eigenvalue weighted by atomic mass is 16.6. The summed E-state index contributed by atoms with van der Waals surface area (Å²) in [5.74, 6) is 2.84. The summed E-state index contributed by atoms with van der Waals surface area (Å²) in [5, 5.41) is 0. The smallest absolute Gasteiger partial charge is 0.207 e. The zero-order valence-corrected chi connectivity index (χ0v) is 15.9. The molecule has 0 N–H and O–H groups in total. The molecule has 138 valence electrons. The van der Waals surface area contributed by atoms with Crippen LogP contribution >= 0.6 is 0 Å². The Morgan fingerprint density at radius 1 is 0.542 bits per heavy atom. The third-order valence-electron chi connectivity index (χ3n) is 3.45. The summed E-state index contributed by atoms with van der Waals surface area (Å²) in [6, 6.07) is 3.86. The van der Waals surface area contributed by atoms with Crippen molar-refractivity contribution in [3.05, 3.63) is 12.1 Å². The van der Waals surface area contributed by atoms with Crippen molar-refractivity contribution in [2.75, 3.05) is 26.4 Å². The quantitative estimate of drug-likeness (QED) is 0.412. The fraction of sp³-hybridized carbons (Fsp3) is 0.700. The standard InChI is InChI=1S/C20H34O4/c1-5-9-15-22-18-12-11-17(21-13-7-3)19(23-14-8-4)20(18)24-16-10-6-2/h11-12H,5-10,13-16H2,1-4H3. The average molecular weight is 338 g/mol. The average Bonchev–Trinajstić information content (AvgIpc) is 2.60. The Balaban J connectivity index is 3.06. The molecule has 1 rings (SSSR count). The molecule has 0 heterocycles. The predicted octanol–water partition coefficient (Wildman–Crippen LogP) is 5.62. The van der Waals surface area contributed by atoms with Gasteiger partial charge in [0, 0.05) is 0 Å². The SMILES string of the molecule is CCCCOc1ccc(OCCC)c(OCCC)c1OCCCC. The van der Waals surface area contributed by atoms with E-state index in [0.29, 0.717) is 37.9 Å². The van der Waals surface area contributed by atoms with Gasteiger partial charge in [-0.15, -0.1) is 0 Å². The van der Waals surface area contributed by atoms with Crippen molar-refractivity contribution in [3.63, 3.8) is 0 Å². The van der Waals surface area contributed by atoms with E-state index >= 15 is 0 Å². The molecule has 1 aromatic rings. The van der Waals surface area contributed by atoms with E-state index in [1.807, 2.05) is 12.1 Å². The van der Waals surface area contributed by atoms with Crippen LogP contribution in [0.1, 0.15) is 66.2 Å². The van der Waals surface area contributed by atoms with E-state index in [-0.39, 0.29) is 0 Å². The summed E-state index contributed by atoms with van der Waals surface area (Å²) in [6.45, 7) is 11.1. The third-order valence-corrected chi connectivity index (χ3v) is 3.45. The van der Waals surface area contributed by atoms with E-state index in [1.54, 1.807) is 0 Å². The minimum atomic E-state index is 0.630. The number of ether oxygens (including phenoxy) is 4. The van der Waals surface area contributed by atoms with E-state index in [4.69, 9.17) is 18.9 Å². The van der Waals surface area contributed by atoms with Crippen LogP contribution < -0.4 is 18.9 Å². The summed E-state index contributed by atoms with van der Waals surface area (Å²) in [7, 11) is 0. The van der Waals surface area contributed by atoms with Gasteiger partial charge in [-0.2, -0.15) is 0 Å². The van der Waals surface area contributed by atoms with Crippen molar-refractivity contribution in [2.45, 2.75) is 66.2 Å². The molecule has 4 nitrogen and oxygen atoms in total. The molecule has 0 unspecified atom stereocenters.